The van der Waals surface area contributed by atoms with Gasteiger partial charge in [-0.2, -0.15) is 0 Å². The lowest BCUT2D eigenvalue weighted by Gasteiger charge is -2.18. The van der Waals surface area contributed by atoms with Crippen molar-refractivity contribution < 1.29 is 28.6 Å². The second-order valence-electron chi connectivity index (χ2n) is 16.8. The van der Waals surface area contributed by atoms with Crippen molar-refractivity contribution in [3.8, 4) is 0 Å². The Morgan fingerprint density at radius 1 is 0.396 bits per heavy atom. The number of carbonyl (C=O) groups excluding carboxylic acids is 3. The van der Waals surface area contributed by atoms with Gasteiger partial charge < -0.3 is 14.2 Å². The Hall–Kier alpha value is -1.59. The summed E-state index contributed by atoms with van der Waals surface area (Å²) in [4.78, 5) is 37.7. The van der Waals surface area contributed by atoms with Crippen LogP contribution < -0.4 is 0 Å². The summed E-state index contributed by atoms with van der Waals surface area (Å²) in [5.41, 5.74) is 0. The van der Waals surface area contributed by atoms with Gasteiger partial charge in [0.05, 0.1) is 0 Å². The lowest BCUT2D eigenvalue weighted by molar-refractivity contribution is -0.167. The lowest BCUT2D eigenvalue weighted by Crippen LogP contribution is -2.30. The van der Waals surface area contributed by atoms with E-state index in [0.29, 0.717) is 19.3 Å². The van der Waals surface area contributed by atoms with Gasteiger partial charge >= 0.3 is 17.9 Å². The van der Waals surface area contributed by atoms with Gasteiger partial charge in [0, 0.05) is 19.3 Å². The molecule has 0 aromatic rings. The maximum absolute atomic E-state index is 12.7. The van der Waals surface area contributed by atoms with E-state index in [4.69, 9.17) is 14.2 Å². The van der Waals surface area contributed by atoms with Crippen LogP contribution in [0.5, 0.6) is 0 Å². The molecule has 6 heteroatoms. The van der Waals surface area contributed by atoms with Crippen molar-refractivity contribution in [2.75, 3.05) is 13.2 Å². The zero-order chi connectivity index (χ0) is 39.0. The van der Waals surface area contributed by atoms with Gasteiger partial charge in [-0.25, -0.2) is 0 Å². The van der Waals surface area contributed by atoms with Crippen molar-refractivity contribution in [2.45, 2.75) is 259 Å². The van der Waals surface area contributed by atoms with Gasteiger partial charge in [0.15, 0.2) is 6.10 Å². The topological polar surface area (TPSA) is 78.9 Å². The molecule has 0 saturated carbocycles. The van der Waals surface area contributed by atoms with Crippen molar-refractivity contribution >= 4 is 17.9 Å². The highest BCUT2D eigenvalue weighted by atomic mass is 16.6. The van der Waals surface area contributed by atoms with E-state index >= 15 is 0 Å². The molecule has 0 rings (SSSR count). The van der Waals surface area contributed by atoms with Gasteiger partial charge in [0.25, 0.3) is 0 Å². The maximum Gasteiger partial charge on any atom is 0.306 e. The van der Waals surface area contributed by atoms with Crippen LogP contribution in [-0.2, 0) is 28.6 Å². The predicted octanol–water partition coefficient (Wildman–Crippen LogP) is 14.6. The molecular weight excluding hydrogens is 661 g/mol. The highest BCUT2D eigenvalue weighted by molar-refractivity contribution is 5.71. The molecule has 2 atom stereocenters. The molecule has 0 radical (unpaired) electrons. The summed E-state index contributed by atoms with van der Waals surface area (Å²) in [6, 6.07) is 0. The Bertz CT molecular complexity index is 811. The second-order valence-corrected chi connectivity index (χ2v) is 16.8. The minimum atomic E-state index is -0.760. The predicted molar refractivity (Wildman–Crippen MR) is 224 cm³/mol. The summed E-state index contributed by atoms with van der Waals surface area (Å²) < 4.78 is 16.7. The third-order valence-corrected chi connectivity index (χ3v) is 10.8. The standard InChI is InChI=1S/C47H90O6/c1-6-8-9-10-11-12-16-24-29-34-39-47(50)53-44(41-52-46(49)38-33-28-23-19-18-21-26-31-36-43(5)7-2)40-51-45(48)37-32-27-22-17-14-13-15-20-25-30-35-42(3)4/h42-44H,6-41H2,1-5H3/t43?,44-/m1/s1. The van der Waals surface area contributed by atoms with Crippen molar-refractivity contribution in [3.63, 3.8) is 0 Å². The Balaban J connectivity index is 4.33. The fraction of sp³-hybridized carbons (Fsp3) is 0.936. The van der Waals surface area contributed by atoms with E-state index in [0.717, 1.165) is 69.6 Å². The van der Waals surface area contributed by atoms with E-state index in [2.05, 4.69) is 34.6 Å². The minimum absolute atomic E-state index is 0.0651. The first-order chi connectivity index (χ1) is 25.8. The third kappa shape index (κ3) is 39.9. The number of unbranched alkanes of at least 4 members (excludes halogenated alkanes) is 25. The van der Waals surface area contributed by atoms with Crippen LogP contribution >= 0.6 is 0 Å². The van der Waals surface area contributed by atoms with Crippen molar-refractivity contribution in [2.24, 2.45) is 11.8 Å². The van der Waals surface area contributed by atoms with Crippen LogP contribution in [0.3, 0.4) is 0 Å². The molecule has 0 amide bonds. The number of hydrogen-bond donors (Lipinski definition) is 0. The molecule has 0 heterocycles. The van der Waals surface area contributed by atoms with Crippen LogP contribution in [0.1, 0.15) is 253 Å². The van der Waals surface area contributed by atoms with Crippen LogP contribution in [0.15, 0.2) is 0 Å². The highest BCUT2D eigenvalue weighted by Crippen LogP contribution is 2.17. The van der Waals surface area contributed by atoms with Gasteiger partial charge in [0.1, 0.15) is 13.2 Å². The summed E-state index contributed by atoms with van der Waals surface area (Å²) in [7, 11) is 0. The first-order valence-electron chi connectivity index (χ1n) is 23.3. The van der Waals surface area contributed by atoms with Crippen LogP contribution in [0.4, 0.5) is 0 Å². The van der Waals surface area contributed by atoms with E-state index < -0.39 is 6.10 Å². The first kappa shape index (κ1) is 51.4. The van der Waals surface area contributed by atoms with E-state index in [1.807, 2.05) is 0 Å². The van der Waals surface area contributed by atoms with E-state index in [-0.39, 0.29) is 31.1 Å². The van der Waals surface area contributed by atoms with Crippen LogP contribution in [-0.4, -0.2) is 37.2 Å². The Morgan fingerprint density at radius 3 is 1.08 bits per heavy atom. The number of rotatable bonds is 41. The monoisotopic (exact) mass is 751 g/mol. The first-order valence-corrected chi connectivity index (χ1v) is 23.3. The molecule has 53 heavy (non-hydrogen) atoms. The Kier molecular flexibility index (Phi) is 38.9. The molecule has 0 bridgehead atoms. The van der Waals surface area contributed by atoms with E-state index in [1.54, 1.807) is 0 Å². The van der Waals surface area contributed by atoms with Gasteiger partial charge in [-0.1, -0.05) is 214 Å². The molecule has 0 spiro atoms. The number of carbonyl (C=O) groups is 3. The minimum Gasteiger partial charge on any atom is -0.462 e. The summed E-state index contributed by atoms with van der Waals surface area (Å²) in [5.74, 6) is 0.808. The van der Waals surface area contributed by atoms with Gasteiger partial charge in [-0.3, -0.25) is 14.4 Å². The van der Waals surface area contributed by atoms with Crippen LogP contribution in [0.25, 0.3) is 0 Å². The normalized spacial score (nSPS) is 12.6. The molecule has 0 saturated heterocycles. The smallest absolute Gasteiger partial charge is 0.306 e. The fourth-order valence-electron chi connectivity index (χ4n) is 6.90. The zero-order valence-electron chi connectivity index (χ0n) is 36.1. The Morgan fingerprint density at radius 2 is 0.717 bits per heavy atom. The van der Waals surface area contributed by atoms with Crippen molar-refractivity contribution in [1.82, 2.24) is 0 Å². The van der Waals surface area contributed by atoms with Crippen molar-refractivity contribution in [1.29, 1.82) is 0 Å². The zero-order valence-corrected chi connectivity index (χ0v) is 36.1. The average molecular weight is 751 g/mol. The SMILES string of the molecule is CCCCCCCCCCCCC(=O)O[C@H](COC(=O)CCCCCCCCCCCCC(C)C)COC(=O)CCCCCCCCCCC(C)CC. The summed E-state index contributed by atoms with van der Waals surface area (Å²) in [6.07, 6.45) is 37.9. The number of ether oxygens (including phenoxy) is 3. The third-order valence-electron chi connectivity index (χ3n) is 10.8. The van der Waals surface area contributed by atoms with Crippen LogP contribution in [0.2, 0.25) is 0 Å². The molecule has 0 aliphatic carbocycles. The molecule has 0 fully saturated rings. The van der Waals surface area contributed by atoms with Gasteiger partial charge in [-0.05, 0) is 31.1 Å². The summed E-state index contributed by atoms with van der Waals surface area (Å²) >= 11 is 0. The van der Waals surface area contributed by atoms with Crippen molar-refractivity contribution in [3.05, 3.63) is 0 Å². The second kappa shape index (κ2) is 40.1. The largest absolute Gasteiger partial charge is 0.462 e. The maximum atomic E-state index is 12.7. The molecule has 0 aromatic carbocycles. The van der Waals surface area contributed by atoms with E-state index in [9.17, 15) is 14.4 Å². The Labute approximate surface area is 329 Å². The van der Waals surface area contributed by atoms with Gasteiger partial charge in [0.2, 0.25) is 0 Å². The molecule has 0 aliphatic heterocycles. The van der Waals surface area contributed by atoms with Crippen LogP contribution in [0, 0.1) is 11.8 Å². The quantitative estimate of drug-likeness (QED) is 0.0352. The summed E-state index contributed by atoms with van der Waals surface area (Å²) in [6.45, 7) is 11.3. The lowest BCUT2D eigenvalue weighted by atomic mass is 9.99. The number of esters is 3. The fourth-order valence-corrected chi connectivity index (χ4v) is 6.90. The highest BCUT2D eigenvalue weighted by Gasteiger charge is 2.19. The van der Waals surface area contributed by atoms with Gasteiger partial charge in [-0.15, -0.1) is 0 Å². The molecule has 6 nitrogen and oxygen atoms in total. The molecular formula is C47H90O6. The molecule has 0 aromatic heterocycles. The number of hydrogen-bond acceptors (Lipinski definition) is 6. The molecule has 0 aliphatic rings. The average Bonchev–Trinajstić information content (AvgIpc) is 3.14. The van der Waals surface area contributed by atoms with E-state index in [1.165, 1.54) is 141 Å². The summed E-state index contributed by atoms with van der Waals surface area (Å²) in [5, 5.41) is 0. The molecule has 314 valence electrons. The molecule has 0 N–H and O–H groups in total. The molecule has 1 unspecified atom stereocenters.